The van der Waals surface area contributed by atoms with Gasteiger partial charge in [-0.25, -0.2) is 13.2 Å². The molecular weight excluding hydrogens is 1780 g/mol. The van der Waals surface area contributed by atoms with Gasteiger partial charge in [-0.15, -0.1) is 0 Å². The summed E-state index contributed by atoms with van der Waals surface area (Å²) in [6.07, 6.45) is 0.456. The number of anilines is 4. The molecular formula is C74H67Br4Cl5F3N5O17. The van der Waals surface area contributed by atoms with Crippen molar-refractivity contribution in [1.82, 2.24) is 5.32 Å². The minimum absolute atomic E-state index is 0.0273. The number of hydrogen-bond acceptors (Lipinski definition) is 13. The van der Waals surface area contributed by atoms with Crippen molar-refractivity contribution in [2.75, 3.05) is 27.8 Å². The minimum atomic E-state index is -1.16. The Kier molecular flexibility index (Phi) is 35.8. The predicted octanol–water partition coefficient (Wildman–Crippen LogP) is 19.0. The summed E-state index contributed by atoms with van der Waals surface area (Å²) in [5.74, 6) is -6.35. The fraction of sp³-hybridized carbons (Fsp3) is 0.230. The van der Waals surface area contributed by atoms with Crippen LogP contribution in [0.15, 0.2) is 121 Å². The standard InChI is InChI=1S/C19H17Br2FN2O5.C19H18Br2FNO4.C19H18Cl2FNO4.C17H14Cl3NO4/c1-9-3-12(17(22)15(4-9)24-10(2)25)8-29-18-13(20)5-11(6-14(18)21)19(28)23-7-16(26)27;2*1-10-5-13(18(22)16(6-10)23-11(2)24)9-27-19-14(20)7-12(8-15(19)21)3-4-17(25)26;1-9(22)21-14-4-2-3-11(16(14)20)8-25-17-12(18)5-10(6-13(17)19)7-15(23)24/h3-6H,7-8H2,1-2H3,(H,23,28)(H,24,25)(H,26,27);2*5-8H,3-4,9H2,1-2H3,(H,23,24)(H,25,26);2-6H,7-8H2,1H3,(H,21,22)(H,23,24). The molecule has 0 fully saturated rings. The summed E-state index contributed by atoms with van der Waals surface area (Å²) < 4.78 is 68.6. The first-order chi connectivity index (χ1) is 50.7. The maximum absolute atomic E-state index is 14.6. The van der Waals surface area contributed by atoms with Gasteiger partial charge in [0.05, 0.1) is 72.2 Å². The molecule has 0 aromatic heterocycles. The summed E-state index contributed by atoms with van der Waals surface area (Å²) in [4.78, 5) is 99.6. The van der Waals surface area contributed by atoms with Crippen LogP contribution in [0.5, 0.6) is 23.0 Å². The highest BCUT2D eigenvalue weighted by Gasteiger charge is 2.22. The molecule has 0 spiro atoms. The van der Waals surface area contributed by atoms with E-state index < -0.39 is 53.8 Å². The Labute approximate surface area is 676 Å². The van der Waals surface area contributed by atoms with Gasteiger partial charge in [0, 0.05) is 68.4 Å². The fourth-order valence-corrected chi connectivity index (χ4v) is 14.1. The van der Waals surface area contributed by atoms with Crippen LogP contribution >= 0.6 is 122 Å². The van der Waals surface area contributed by atoms with Crippen molar-refractivity contribution in [3.8, 4) is 23.0 Å². The van der Waals surface area contributed by atoms with Crippen molar-refractivity contribution >= 4 is 198 Å². The van der Waals surface area contributed by atoms with Gasteiger partial charge >= 0.3 is 23.9 Å². The molecule has 0 unspecified atom stereocenters. The first kappa shape index (κ1) is 90.0. The number of nitrogens with one attached hydrogen (secondary N) is 5. The molecule has 0 bridgehead atoms. The Morgan fingerprint density at radius 3 is 1.06 bits per heavy atom. The SMILES string of the molecule is CC(=O)Nc1cc(C)cc(COc2c(Br)cc(C(=O)NCC(=O)O)cc2Br)c1F.CC(=O)Nc1cc(C)cc(COc2c(Br)cc(CCC(=O)O)cc2Br)c1F.CC(=O)Nc1cc(C)cc(COc2c(Cl)cc(CCC(=O)O)cc2Cl)c1F.CC(=O)Nc1cccc(COc2c(Cl)cc(CC(=O)O)cc2Cl)c1Cl. The molecule has 574 valence electrons. The minimum Gasteiger partial charge on any atom is -0.486 e. The molecule has 0 saturated heterocycles. The van der Waals surface area contributed by atoms with E-state index in [9.17, 15) is 56.3 Å². The van der Waals surface area contributed by atoms with Crippen LogP contribution in [0, 0.1) is 38.2 Å². The number of carboxylic acid groups (broad SMARTS) is 4. The summed E-state index contributed by atoms with van der Waals surface area (Å²) in [6.45, 7) is 9.90. The van der Waals surface area contributed by atoms with E-state index in [2.05, 4.69) is 90.3 Å². The number of halogens is 12. The van der Waals surface area contributed by atoms with Gasteiger partial charge in [0.1, 0.15) is 44.5 Å². The van der Waals surface area contributed by atoms with Crippen molar-refractivity contribution in [3.05, 3.63) is 225 Å². The summed E-state index contributed by atoms with van der Waals surface area (Å²) in [7, 11) is 0. The lowest BCUT2D eigenvalue weighted by molar-refractivity contribution is -0.138. The molecule has 8 aromatic carbocycles. The second-order valence-corrected chi connectivity index (χ2v) is 28.8. The first-order valence-electron chi connectivity index (χ1n) is 31.5. The van der Waals surface area contributed by atoms with Gasteiger partial charge in [0.15, 0.2) is 29.0 Å². The number of hydrogen-bond donors (Lipinski definition) is 9. The van der Waals surface area contributed by atoms with Gasteiger partial charge in [-0.1, -0.05) is 70.1 Å². The van der Waals surface area contributed by atoms with Crippen LogP contribution in [-0.2, 0) is 84.0 Å². The lowest BCUT2D eigenvalue weighted by Gasteiger charge is -2.14. The average molecular weight is 1850 g/mol. The van der Waals surface area contributed by atoms with Crippen LogP contribution in [0.3, 0.4) is 0 Å². The number of rotatable bonds is 27. The highest BCUT2D eigenvalue weighted by Crippen LogP contribution is 2.41. The molecule has 5 amide bonds. The van der Waals surface area contributed by atoms with Crippen molar-refractivity contribution in [2.24, 2.45) is 0 Å². The number of aryl methyl sites for hydroxylation is 5. The topological polar surface area (TPSA) is 332 Å². The first-order valence-corrected chi connectivity index (χ1v) is 36.6. The third-order valence-corrected chi connectivity index (χ3v) is 18.1. The molecule has 0 heterocycles. The number of ether oxygens (including phenoxy) is 4. The molecule has 34 heteroatoms. The van der Waals surface area contributed by atoms with Crippen LogP contribution < -0.4 is 45.5 Å². The zero-order valence-electron chi connectivity index (χ0n) is 58.0. The van der Waals surface area contributed by atoms with E-state index >= 15 is 0 Å². The van der Waals surface area contributed by atoms with E-state index in [1.165, 1.54) is 64.1 Å². The Morgan fingerprint density at radius 2 is 0.722 bits per heavy atom. The van der Waals surface area contributed by atoms with E-state index in [-0.39, 0.29) is 141 Å². The van der Waals surface area contributed by atoms with Crippen LogP contribution in [0.4, 0.5) is 35.9 Å². The molecule has 9 N–H and O–H groups in total. The predicted molar refractivity (Wildman–Crippen MR) is 419 cm³/mol. The van der Waals surface area contributed by atoms with Crippen molar-refractivity contribution in [1.29, 1.82) is 0 Å². The molecule has 22 nitrogen and oxygen atoms in total. The smallest absolute Gasteiger partial charge is 0.322 e. The largest absolute Gasteiger partial charge is 0.486 e. The molecule has 0 aliphatic rings. The fourth-order valence-electron chi connectivity index (χ4n) is 9.67. The summed E-state index contributed by atoms with van der Waals surface area (Å²) >= 11 is 44.3. The lowest BCUT2D eigenvalue weighted by atomic mass is 10.1. The van der Waals surface area contributed by atoms with Crippen LogP contribution in [0.1, 0.15) is 107 Å². The summed E-state index contributed by atoms with van der Waals surface area (Å²) in [5, 5.41) is 48.4. The average Bonchev–Trinajstić information content (AvgIpc) is 0.827. The molecule has 8 aromatic rings. The number of benzene rings is 8. The van der Waals surface area contributed by atoms with Gasteiger partial charge < -0.3 is 66.0 Å². The molecule has 8 rings (SSSR count). The molecule has 108 heavy (non-hydrogen) atoms. The summed E-state index contributed by atoms with van der Waals surface area (Å²) in [6, 6.07) is 27.2. The van der Waals surface area contributed by atoms with Gasteiger partial charge in [0.2, 0.25) is 23.6 Å². The monoisotopic (exact) mass is 1840 g/mol. The Hall–Kier alpha value is -8.65. The number of carbonyl (C=O) groups excluding carboxylic acids is 5. The van der Waals surface area contributed by atoms with Gasteiger partial charge in [0.25, 0.3) is 5.91 Å². The van der Waals surface area contributed by atoms with E-state index in [1.54, 1.807) is 87.5 Å². The number of amides is 5. The van der Waals surface area contributed by atoms with E-state index in [0.717, 1.165) is 22.3 Å². The van der Waals surface area contributed by atoms with Crippen molar-refractivity contribution < 1.29 is 95.7 Å². The Morgan fingerprint density at radius 1 is 0.398 bits per heavy atom. The highest BCUT2D eigenvalue weighted by molar-refractivity contribution is 9.11. The number of carboxylic acids is 4. The van der Waals surface area contributed by atoms with Gasteiger partial charge in [-0.3, -0.25) is 43.2 Å². The van der Waals surface area contributed by atoms with Crippen LogP contribution in [0.2, 0.25) is 25.1 Å². The molecule has 0 saturated carbocycles. The van der Waals surface area contributed by atoms with Crippen molar-refractivity contribution in [3.63, 3.8) is 0 Å². The van der Waals surface area contributed by atoms with Crippen molar-refractivity contribution in [2.45, 2.75) is 107 Å². The lowest BCUT2D eigenvalue weighted by Crippen LogP contribution is -2.29. The quantitative estimate of drug-likeness (QED) is 0.0231. The molecule has 0 aliphatic carbocycles. The maximum atomic E-state index is 14.6. The van der Waals surface area contributed by atoms with Crippen LogP contribution in [0.25, 0.3) is 0 Å². The normalized spacial score (nSPS) is 10.5. The molecule has 0 atom stereocenters. The number of aliphatic carboxylic acids is 4. The summed E-state index contributed by atoms with van der Waals surface area (Å²) in [5.41, 5.74) is 6.63. The van der Waals surface area contributed by atoms with Crippen LogP contribution in [-0.4, -0.2) is 80.4 Å². The Bertz CT molecular complexity index is 4520. The van der Waals surface area contributed by atoms with E-state index in [0.29, 0.717) is 68.8 Å². The van der Waals surface area contributed by atoms with E-state index in [1.807, 2.05) is 0 Å². The van der Waals surface area contributed by atoms with Gasteiger partial charge in [-0.2, -0.15) is 0 Å². The zero-order chi connectivity index (χ0) is 80.5. The Balaban J connectivity index is 0.000000258. The van der Waals surface area contributed by atoms with E-state index in [4.69, 9.17) is 97.4 Å². The third kappa shape index (κ3) is 29.1. The second kappa shape index (κ2) is 42.9. The second-order valence-electron chi connectivity index (χ2n) is 23.4. The zero-order valence-corrected chi connectivity index (χ0v) is 68.1. The maximum Gasteiger partial charge on any atom is 0.322 e. The number of carbonyl (C=O) groups is 9. The third-order valence-electron chi connectivity index (χ3n) is 14.1. The van der Waals surface area contributed by atoms with Gasteiger partial charge in [-0.05, 0) is 222 Å². The molecule has 0 aliphatic heterocycles. The molecule has 0 radical (unpaired) electrons. The highest BCUT2D eigenvalue weighted by atomic mass is 79.9.